The molecule has 0 saturated heterocycles. The highest BCUT2D eigenvalue weighted by Gasteiger charge is 2.14. The highest BCUT2D eigenvalue weighted by atomic mass is 16.3. The Morgan fingerprint density at radius 1 is 0.800 bits per heavy atom. The summed E-state index contributed by atoms with van der Waals surface area (Å²) in [5, 5.41) is 20.2. The molecule has 20 heavy (non-hydrogen) atoms. The zero-order valence-electron chi connectivity index (χ0n) is 13.3. The molecule has 0 fully saturated rings. The number of unbranched alkanes of at least 4 members (excludes halogenated alkanes) is 5. The lowest BCUT2D eigenvalue weighted by molar-refractivity contribution is 0.448. The largest absolute Gasteiger partial charge is 0.507 e. The summed E-state index contributed by atoms with van der Waals surface area (Å²) in [5.74, 6) is 0.586. The highest BCUT2D eigenvalue weighted by Crippen LogP contribution is 2.36. The van der Waals surface area contributed by atoms with E-state index in [1.165, 1.54) is 32.1 Å². The van der Waals surface area contributed by atoms with Gasteiger partial charge in [-0.3, -0.25) is 0 Å². The van der Waals surface area contributed by atoms with Crippen molar-refractivity contribution in [2.75, 3.05) is 0 Å². The van der Waals surface area contributed by atoms with Crippen LogP contribution in [0.5, 0.6) is 11.5 Å². The van der Waals surface area contributed by atoms with Crippen molar-refractivity contribution in [3.05, 3.63) is 28.3 Å². The van der Waals surface area contributed by atoms with Gasteiger partial charge in [0.2, 0.25) is 0 Å². The first-order valence-corrected chi connectivity index (χ1v) is 7.68. The normalized spacial score (nSPS) is 11.4. The van der Waals surface area contributed by atoms with Crippen LogP contribution in [0, 0.1) is 20.8 Å². The van der Waals surface area contributed by atoms with Gasteiger partial charge in [0.25, 0.3) is 0 Å². The van der Waals surface area contributed by atoms with Crippen molar-refractivity contribution in [1.82, 2.24) is 0 Å². The molecule has 0 aromatic heterocycles. The van der Waals surface area contributed by atoms with E-state index in [2.05, 4.69) is 13.0 Å². The number of phenols is 2. The van der Waals surface area contributed by atoms with Crippen LogP contribution in [0.4, 0.5) is 0 Å². The first kappa shape index (κ1) is 16.6. The van der Waals surface area contributed by atoms with E-state index < -0.39 is 0 Å². The van der Waals surface area contributed by atoms with Crippen LogP contribution in [0.25, 0.3) is 6.08 Å². The Morgan fingerprint density at radius 3 is 2.05 bits per heavy atom. The summed E-state index contributed by atoms with van der Waals surface area (Å²) in [6.45, 7) is 7.74. The second-order valence-corrected chi connectivity index (χ2v) is 5.59. The molecule has 2 N–H and O–H groups in total. The Kier molecular flexibility index (Phi) is 6.63. The van der Waals surface area contributed by atoms with Crippen molar-refractivity contribution in [3.8, 4) is 11.5 Å². The number of benzene rings is 1. The maximum absolute atomic E-state index is 10.2. The fourth-order valence-electron chi connectivity index (χ4n) is 2.41. The van der Waals surface area contributed by atoms with Gasteiger partial charge in [-0.25, -0.2) is 0 Å². The predicted octanol–water partition coefficient (Wildman–Crippen LogP) is 5.40. The molecule has 0 aliphatic heterocycles. The van der Waals surface area contributed by atoms with Crippen LogP contribution in [0.1, 0.15) is 67.7 Å². The fourth-order valence-corrected chi connectivity index (χ4v) is 2.41. The third kappa shape index (κ3) is 4.03. The zero-order chi connectivity index (χ0) is 15.1. The smallest absolute Gasteiger partial charge is 0.126 e. The molecule has 0 unspecified atom stereocenters. The Bertz CT molecular complexity index is 444. The number of allylic oxidation sites excluding steroid dienone is 1. The van der Waals surface area contributed by atoms with Gasteiger partial charge in [-0.1, -0.05) is 44.8 Å². The van der Waals surface area contributed by atoms with Crippen molar-refractivity contribution in [3.63, 3.8) is 0 Å². The van der Waals surface area contributed by atoms with Gasteiger partial charge in [-0.2, -0.15) is 0 Å². The molecule has 0 bridgehead atoms. The fraction of sp³-hybridized carbons (Fsp3) is 0.556. The van der Waals surface area contributed by atoms with Crippen molar-refractivity contribution in [2.45, 2.75) is 66.2 Å². The standard InChI is InChI=1S/C18H28O2/c1-5-6-7-8-9-10-11-12-16-15(4)17(19)13(2)14(3)18(16)20/h11-12,19-20H,5-10H2,1-4H3/b12-11+. The summed E-state index contributed by atoms with van der Waals surface area (Å²) in [6.07, 6.45) is 11.4. The maximum Gasteiger partial charge on any atom is 0.126 e. The van der Waals surface area contributed by atoms with Gasteiger partial charge in [-0.15, -0.1) is 0 Å². The molecule has 0 heterocycles. The number of rotatable bonds is 7. The first-order chi connectivity index (χ1) is 9.50. The molecular formula is C18H28O2. The monoisotopic (exact) mass is 276 g/mol. The minimum Gasteiger partial charge on any atom is -0.507 e. The van der Waals surface area contributed by atoms with E-state index in [0.717, 1.165) is 28.7 Å². The van der Waals surface area contributed by atoms with E-state index in [1.807, 2.05) is 26.8 Å². The molecule has 0 aliphatic rings. The van der Waals surface area contributed by atoms with Crippen LogP contribution in [0.3, 0.4) is 0 Å². The minimum absolute atomic E-state index is 0.292. The minimum atomic E-state index is 0.292. The third-order valence-corrected chi connectivity index (χ3v) is 4.05. The van der Waals surface area contributed by atoms with Crippen LogP contribution in [-0.4, -0.2) is 10.2 Å². The molecule has 0 amide bonds. The van der Waals surface area contributed by atoms with E-state index in [1.54, 1.807) is 0 Å². The van der Waals surface area contributed by atoms with Crippen LogP contribution in [0.2, 0.25) is 0 Å². The summed E-state index contributed by atoms with van der Waals surface area (Å²) in [5.41, 5.74) is 3.03. The Labute approximate surface area is 123 Å². The maximum atomic E-state index is 10.2. The summed E-state index contributed by atoms with van der Waals surface area (Å²) < 4.78 is 0. The Hall–Kier alpha value is -1.44. The van der Waals surface area contributed by atoms with Crippen LogP contribution in [-0.2, 0) is 0 Å². The average molecular weight is 276 g/mol. The summed E-state index contributed by atoms with van der Waals surface area (Å²) in [4.78, 5) is 0. The number of hydrogen-bond acceptors (Lipinski definition) is 2. The molecule has 0 radical (unpaired) electrons. The number of hydrogen-bond donors (Lipinski definition) is 2. The molecular weight excluding hydrogens is 248 g/mol. The number of phenolic OH excluding ortho intramolecular Hbond substituents is 2. The Morgan fingerprint density at radius 2 is 1.40 bits per heavy atom. The van der Waals surface area contributed by atoms with E-state index in [-0.39, 0.29) is 0 Å². The van der Waals surface area contributed by atoms with E-state index in [9.17, 15) is 10.2 Å². The molecule has 1 aromatic carbocycles. The zero-order valence-corrected chi connectivity index (χ0v) is 13.3. The summed E-state index contributed by atoms with van der Waals surface area (Å²) >= 11 is 0. The van der Waals surface area contributed by atoms with E-state index in [0.29, 0.717) is 11.5 Å². The topological polar surface area (TPSA) is 40.5 Å². The van der Waals surface area contributed by atoms with Crippen molar-refractivity contribution in [1.29, 1.82) is 0 Å². The van der Waals surface area contributed by atoms with E-state index in [4.69, 9.17) is 0 Å². The quantitative estimate of drug-likeness (QED) is 0.517. The molecule has 2 heteroatoms. The molecule has 2 nitrogen and oxygen atoms in total. The number of aromatic hydroxyl groups is 2. The van der Waals surface area contributed by atoms with Gasteiger partial charge in [0.1, 0.15) is 11.5 Å². The Balaban J connectivity index is 2.68. The highest BCUT2D eigenvalue weighted by molar-refractivity contribution is 5.68. The van der Waals surface area contributed by atoms with Gasteiger partial charge in [0, 0.05) is 11.1 Å². The van der Waals surface area contributed by atoms with Gasteiger partial charge in [0.15, 0.2) is 0 Å². The van der Waals surface area contributed by atoms with E-state index >= 15 is 0 Å². The molecule has 1 rings (SSSR count). The second-order valence-electron chi connectivity index (χ2n) is 5.59. The summed E-state index contributed by atoms with van der Waals surface area (Å²) in [7, 11) is 0. The second kappa shape index (κ2) is 7.98. The van der Waals surface area contributed by atoms with Crippen LogP contribution >= 0.6 is 0 Å². The van der Waals surface area contributed by atoms with Crippen LogP contribution < -0.4 is 0 Å². The predicted molar refractivity (Wildman–Crippen MR) is 86.4 cm³/mol. The van der Waals surface area contributed by atoms with Crippen molar-refractivity contribution in [2.24, 2.45) is 0 Å². The van der Waals surface area contributed by atoms with Crippen molar-refractivity contribution >= 4 is 6.08 Å². The SMILES string of the molecule is CCCCCCC/C=C/c1c(C)c(O)c(C)c(C)c1O. The molecule has 0 spiro atoms. The lowest BCUT2D eigenvalue weighted by Crippen LogP contribution is -1.92. The molecule has 0 atom stereocenters. The molecule has 0 saturated carbocycles. The molecule has 0 aliphatic carbocycles. The van der Waals surface area contributed by atoms with Gasteiger partial charge >= 0.3 is 0 Å². The van der Waals surface area contributed by atoms with Crippen LogP contribution in [0.15, 0.2) is 6.08 Å². The molecule has 1 aromatic rings. The summed E-state index contributed by atoms with van der Waals surface area (Å²) in [6, 6.07) is 0. The van der Waals surface area contributed by atoms with Gasteiger partial charge < -0.3 is 10.2 Å². The first-order valence-electron chi connectivity index (χ1n) is 7.68. The molecule has 112 valence electrons. The lowest BCUT2D eigenvalue weighted by atomic mass is 9.97. The lowest BCUT2D eigenvalue weighted by Gasteiger charge is -2.13. The average Bonchev–Trinajstić information content (AvgIpc) is 2.45. The van der Waals surface area contributed by atoms with Gasteiger partial charge in [0.05, 0.1) is 0 Å². The van der Waals surface area contributed by atoms with Gasteiger partial charge in [-0.05, 0) is 44.7 Å². The van der Waals surface area contributed by atoms with Crippen molar-refractivity contribution < 1.29 is 10.2 Å². The third-order valence-electron chi connectivity index (χ3n) is 4.05.